The van der Waals surface area contributed by atoms with E-state index >= 15 is 0 Å². The number of unbranched alkanes of at least 4 members (excludes halogenated alkanes) is 2. The zero-order chi connectivity index (χ0) is 15.7. The third-order valence-corrected chi connectivity index (χ3v) is 4.65. The SMILES string of the molecule is CCCCCNS(=O)(=O)c1cc(CNCC)ccc1OC. The molecule has 0 fully saturated rings. The van der Waals surface area contributed by atoms with Gasteiger partial charge in [0.2, 0.25) is 10.0 Å². The molecule has 120 valence electrons. The molecular formula is C15H26N2O3S. The number of benzene rings is 1. The number of nitrogens with one attached hydrogen (secondary N) is 2. The van der Waals surface area contributed by atoms with Crippen molar-refractivity contribution in [2.24, 2.45) is 0 Å². The second kappa shape index (κ2) is 9.02. The molecule has 6 heteroatoms. The second-order valence-electron chi connectivity index (χ2n) is 4.87. The molecule has 0 amide bonds. The van der Waals surface area contributed by atoms with Crippen LogP contribution in [0.3, 0.4) is 0 Å². The van der Waals surface area contributed by atoms with Gasteiger partial charge in [0.05, 0.1) is 7.11 Å². The van der Waals surface area contributed by atoms with Gasteiger partial charge in [0.25, 0.3) is 0 Å². The summed E-state index contributed by atoms with van der Waals surface area (Å²) >= 11 is 0. The van der Waals surface area contributed by atoms with Crippen molar-refractivity contribution in [3.05, 3.63) is 23.8 Å². The van der Waals surface area contributed by atoms with Crippen LogP contribution >= 0.6 is 0 Å². The predicted molar refractivity (Wildman–Crippen MR) is 85.1 cm³/mol. The Labute approximate surface area is 128 Å². The zero-order valence-electron chi connectivity index (χ0n) is 13.1. The van der Waals surface area contributed by atoms with Crippen LogP contribution in [0.1, 0.15) is 38.7 Å². The van der Waals surface area contributed by atoms with E-state index in [0.717, 1.165) is 31.4 Å². The van der Waals surface area contributed by atoms with E-state index in [4.69, 9.17) is 4.74 Å². The molecule has 0 unspecified atom stereocenters. The Balaban J connectivity index is 2.90. The molecule has 1 rings (SSSR count). The van der Waals surface area contributed by atoms with Gasteiger partial charge in [0, 0.05) is 13.1 Å². The molecule has 0 radical (unpaired) electrons. The highest BCUT2D eigenvalue weighted by Gasteiger charge is 2.19. The van der Waals surface area contributed by atoms with Gasteiger partial charge in [-0.2, -0.15) is 0 Å². The van der Waals surface area contributed by atoms with Crippen molar-refractivity contribution < 1.29 is 13.2 Å². The number of sulfonamides is 1. The Morgan fingerprint density at radius 2 is 1.95 bits per heavy atom. The van der Waals surface area contributed by atoms with Gasteiger partial charge in [-0.15, -0.1) is 0 Å². The number of hydrogen-bond acceptors (Lipinski definition) is 4. The Morgan fingerprint density at radius 3 is 2.57 bits per heavy atom. The summed E-state index contributed by atoms with van der Waals surface area (Å²) in [4.78, 5) is 0.205. The van der Waals surface area contributed by atoms with Crippen LogP contribution in [0.25, 0.3) is 0 Å². The van der Waals surface area contributed by atoms with E-state index < -0.39 is 10.0 Å². The lowest BCUT2D eigenvalue weighted by Gasteiger charge is -2.12. The quantitative estimate of drug-likeness (QED) is 0.650. The molecule has 0 aromatic heterocycles. The van der Waals surface area contributed by atoms with Crippen molar-refractivity contribution in [2.45, 2.75) is 44.6 Å². The van der Waals surface area contributed by atoms with Crippen molar-refractivity contribution >= 4 is 10.0 Å². The van der Waals surface area contributed by atoms with Gasteiger partial charge in [-0.25, -0.2) is 13.1 Å². The van der Waals surface area contributed by atoms with Crippen LogP contribution < -0.4 is 14.8 Å². The van der Waals surface area contributed by atoms with E-state index in [2.05, 4.69) is 17.0 Å². The summed E-state index contributed by atoms with van der Waals surface area (Å²) in [5.74, 6) is 0.373. The fourth-order valence-corrected chi connectivity index (χ4v) is 3.26. The van der Waals surface area contributed by atoms with Crippen molar-refractivity contribution in [3.8, 4) is 5.75 Å². The highest BCUT2D eigenvalue weighted by Crippen LogP contribution is 2.24. The monoisotopic (exact) mass is 314 g/mol. The van der Waals surface area contributed by atoms with Crippen LogP contribution in [-0.4, -0.2) is 28.6 Å². The summed E-state index contributed by atoms with van der Waals surface area (Å²) in [6.07, 6.45) is 2.92. The molecule has 0 aliphatic carbocycles. The maximum Gasteiger partial charge on any atom is 0.244 e. The molecule has 2 N–H and O–H groups in total. The lowest BCUT2D eigenvalue weighted by molar-refractivity contribution is 0.402. The van der Waals surface area contributed by atoms with E-state index in [9.17, 15) is 8.42 Å². The van der Waals surface area contributed by atoms with Gasteiger partial charge in [-0.1, -0.05) is 32.8 Å². The standard InChI is InChI=1S/C15H26N2O3S/c1-4-6-7-10-17-21(18,19)15-11-13(12-16-5-2)8-9-14(15)20-3/h8-9,11,16-17H,4-7,10,12H2,1-3H3. The fourth-order valence-electron chi connectivity index (χ4n) is 1.97. The molecule has 1 aromatic carbocycles. The first-order valence-electron chi connectivity index (χ1n) is 7.42. The maximum absolute atomic E-state index is 12.4. The molecule has 0 spiro atoms. The Kier molecular flexibility index (Phi) is 7.71. The number of hydrogen-bond donors (Lipinski definition) is 2. The molecule has 5 nitrogen and oxygen atoms in total. The van der Waals surface area contributed by atoms with E-state index in [1.807, 2.05) is 13.0 Å². The first-order valence-corrected chi connectivity index (χ1v) is 8.90. The van der Waals surface area contributed by atoms with Gasteiger partial charge in [-0.05, 0) is 30.7 Å². The second-order valence-corrected chi connectivity index (χ2v) is 6.61. The summed E-state index contributed by atoms with van der Waals surface area (Å²) in [6, 6.07) is 5.24. The Bertz CT molecular complexity index is 530. The molecule has 1 aromatic rings. The van der Waals surface area contributed by atoms with Gasteiger partial charge >= 0.3 is 0 Å². The minimum Gasteiger partial charge on any atom is -0.495 e. The van der Waals surface area contributed by atoms with E-state index in [0.29, 0.717) is 18.8 Å². The van der Waals surface area contributed by atoms with Crippen LogP contribution in [0.15, 0.2) is 23.1 Å². The molecular weight excluding hydrogens is 288 g/mol. The summed E-state index contributed by atoms with van der Waals surface area (Å²) in [6.45, 7) is 6.02. The molecule has 0 bridgehead atoms. The van der Waals surface area contributed by atoms with Crippen LogP contribution in [0.4, 0.5) is 0 Å². The average molecular weight is 314 g/mol. The van der Waals surface area contributed by atoms with Crippen LogP contribution in [0.5, 0.6) is 5.75 Å². The number of methoxy groups -OCH3 is 1. The lowest BCUT2D eigenvalue weighted by Crippen LogP contribution is -2.25. The van der Waals surface area contributed by atoms with E-state index in [-0.39, 0.29) is 4.90 Å². The summed E-state index contributed by atoms with van der Waals surface area (Å²) in [7, 11) is -2.05. The first-order chi connectivity index (χ1) is 10.0. The van der Waals surface area contributed by atoms with Crippen molar-refractivity contribution in [3.63, 3.8) is 0 Å². The first kappa shape index (κ1) is 17.9. The molecule has 0 aliphatic rings. The van der Waals surface area contributed by atoms with Crippen LogP contribution in [0, 0.1) is 0 Å². The smallest absolute Gasteiger partial charge is 0.244 e. The van der Waals surface area contributed by atoms with Gasteiger partial charge in [0.1, 0.15) is 10.6 Å². The highest BCUT2D eigenvalue weighted by molar-refractivity contribution is 7.89. The van der Waals surface area contributed by atoms with Crippen molar-refractivity contribution in [1.82, 2.24) is 10.0 Å². The van der Waals surface area contributed by atoms with Crippen molar-refractivity contribution in [1.29, 1.82) is 0 Å². The fraction of sp³-hybridized carbons (Fsp3) is 0.600. The summed E-state index contributed by atoms with van der Waals surface area (Å²) in [5.41, 5.74) is 0.923. The molecule has 21 heavy (non-hydrogen) atoms. The number of ether oxygens (including phenoxy) is 1. The Morgan fingerprint density at radius 1 is 1.19 bits per heavy atom. The van der Waals surface area contributed by atoms with Crippen LogP contribution in [-0.2, 0) is 16.6 Å². The third-order valence-electron chi connectivity index (χ3n) is 3.17. The Hall–Kier alpha value is -1.11. The topological polar surface area (TPSA) is 67.4 Å². The normalized spacial score (nSPS) is 11.6. The average Bonchev–Trinajstić information content (AvgIpc) is 2.49. The van der Waals surface area contributed by atoms with E-state index in [1.54, 1.807) is 12.1 Å². The largest absolute Gasteiger partial charge is 0.495 e. The molecule has 0 aliphatic heterocycles. The van der Waals surface area contributed by atoms with Gasteiger partial charge in [0.15, 0.2) is 0 Å². The molecule has 0 saturated carbocycles. The van der Waals surface area contributed by atoms with Gasteiger partial charge < -0.3 is 10.1 Å². The molecule has 0 atom stereocenters. The summed E-state index contributed by atoms with van der Waals surface area (Å²) in [5, 5.41) is 3.18. The third kappa shape index (κ3) is 5.65. The summed E-state index contributed by atoms with van der Waals surface area (Å²) < 4.78 is 32.6. The predicted octanol–water partition coefficient (Wildman–Crippen LogP) is 2.27. The number of rotatable bonds is 10. The molecule has 0 heterocycles. The molecule has 0 saturated heterocycles. The lowest BCUT2D eigenvalue weighted by atomic mass is 10.2. The van der Waals surface area contributed by atoms with Crippen molar-refractivity contribution in [2.75, 3.05) is 20.2 Å². The highest BCUT2D eigenvalue weighted by atomic mass is 32.2. The van der Waals surface area contributed by atoms with Crippen LogP contribution in [0.2, 0.25) is 0 Å². The maximum atomic E-state index is 12.4. The minimum atomic E-state index is -3.53. The zero-order valence-corrected chi connectivity index (χ0v) is 13.9. The van der Waals surface area contributed by atoms with E-state index in [1.165, 1.54) is 7.11 Å². The van der Waals surface area contributed by atoms with Gasteiger partial charge in [-0.3, -0.25) is 0 Å². The minimum absolute atomic E-state index is 0.205.